The van der Waals surface area contributed by atoms with Crippen molar-refractivity contribution in [1.29, 1.82) is 0 Å². The van der Waals surface area contributed by atoms with E-state index < -0.39 is 17.8 Å². The molecule has 0 aliphatic heterocycles. The second-order valence-corrected chi connectivity index (χ2v) is 4.79. The molecule has 78 valence electrons. The van der Waals surface area contributed by atoms with E-state index in [-0.39, 0.29) is 12.3 Å². The predicted octanol–water partition coefficient (Wildman–Crippen LogP) is 0.525. The van der Waals surface area contributed by atoms with Crippen LogP contribution in [0.15, 0.2) is 0 Å². The lowest BCUT2D eigenvalue weighted by Crippen LogP contribution is -2.51. The summed E-state index contributed by atoms with van der Waals surface area (Å²) in [4.78, 5) is 0. The molecule has 4 atom stereocenters. The van der Waals surface area contributed by atoms with Crippen LogP contribution in [0.3, 0.4) is 0 Å². The first-order chi connectivity index (χ1) is 5.84. The molecule has 0 heterocycles. The van der Waals surface area contributed by atoms with E-state index in [9.17, 15) is 15.3 Å². The molecular weight excluding hydrogens is 168 g/mol. The largest absolute Gasteiger partial charge is 0.393 e. The van der Waals surface area contributed by atoms with Gasteiger partial charge in [-0.1, -0.05) is 13.8 Å². The molecule has 3 N–H and O–H groups in total. The molecule has 1 fully saturated rings. The lowest BCUT2D eigenvalue weighted by molar-refractivity contribution is -0.143. The standard InChI is InChI=1S/C10H20O3/c1-6(2)7-4-9(12)10(3,13)5-8(7)11/h6-9,11-13H,4-5H2,1-3H3/t7-,8+,9+,10+/m1/s1. The Bertz CT molecular complexity index is 177. The molecular formula is C10H20O3. The van der Waals surface area contributed by atoms with Gasteiger partial charge in [0, 0.05) is 6.42 Å². The first-order valence-electron chi connectivity index (χ1n) is 4.93. The smallest absolute Gasteiger partial charge is 0.0902 e. The molecule has 0 radical (unpaired) electrons. The lowest BCUT2D eigenvalue weighted by atomic mass is 9.72. The van der Waals surface area contributed by atoms with E-state index in [1.807, 2.05) is 13.8 Å². The fourth-order valence-electron chi connectivity index (χ4n) is 2.10. The second-order valence-electron chi connectivity index (χ2n) is 4.79. The van der Waals surface area contributed by atoms with Gasteiger partial charge in [-0.3, -0.25) is 0 Å². The van der Waals surface area contributed by atoms with Gasteiger partial charge in [0.15, 0.2) is 0 Å². The van der Waals surface area contributed by atoms with Crippen LogP contribution in [0.4, 0.5) is 0 Å². The van der Waals surface area contributed by atoms with E-state index >= 15 is 0 Å². The number of aliphatic hydroxyl groups excluding tert-OH is 2. The lowest BCUT2D eigenvalue weighted by Gasteiger charge is -2.42. The molecule has 0 bridgehead atoms. The SMILES string of the molecule is CC(C)[C@H]1C[C@H](O)[C@@](C)(O)C[C@@H]1O. The van der Waals surface area contributed by atoms with Crippen LogP contribution in [0.5, 0.6) is 0 Å². The normalized spacial score (nSPS) is 46.8. The van der Waals surface area contributed by atoms with Crippen molar-refractivity contribution in [2.24, 2.45) is 11.8 Å². The van der Waals surface area contributed by atoms with Crippen LogP contribution in [0.25, 0.3) is 0 Å². The van der Waals surface area contributed by atoms with Crippen LogP contribution in [0.2, 0.25) is 0 Å². The Balaban J connectivity index is 2.67. The molecule has 0 spiro atoms. The Morgan fingerprint density at radius 2 is 1.85 bits per heavy atom. The summed E-state index contributed by atoms with van der Waals surface area (Å²) in [6, 6.07) is 0. The summed E-state index contributed by atoms with van der Waals surface area (Å²) in [6.07, 6.45) is -0.426. The number of rotatable bonds is 1. The van der Waals surface area contributed by atoms with Gasteiger partial charge in [-0.25, -0.2) is 0 Å². The maximum Gasteiger partial charge on any atom is 0.0902 e. The minimum absolute atomic E-state index is 0.107. The maximum absolute atomic E-state index is 9.72. The molecule has 0 amide bonds. The second kappa shape index (κ2) is 3.56. The van der Waals surface area contributed by atoms with E-state index in [2.05, 4.69) is 0 Å². The van der Waals surface area contributed by atoms with Crippen molar-refractivity contribution in [2.75, 3.05) is 0 Å². The Labute approximate surface area is 79.4 Å². The molecule has 0 aromatic carbocycles. The maximum atomic E-state index is 9.72. The highest BCUT2D eigenvalue weighted by atomic mass is 16.3. The van der Waals surface area contributed by atoms with Crippen LogP contribution < -0.4 is 0 Å². The third-order valence-electron chi connectivity index (χ3n) is 3.19. The summed E-state index contributed by atoms with van der Waals surface area (Å²) in [7, 11) is 0. The van der Waals surface area contributed by atoms with E-state index in [4.69, 9.17) is 0 Å². The van der Waals surface area contributed by atoms with Gasteiger partial charge >= 0.3 is 0 Å². The number of hydrogen-bond donors (Lipinski definition) is 3. The first-order valence-corrected chi connectivity index (χ1v) is 4.93. The van der Waals surface area contributed by atoms with Crippen molar-refractivity contribution in [3.05, 3.63) is 0 Å². The summed E-state index contributed by atoms with van der Waals surface area (Å²) in [5.41, 5.74) is -1.12. The molecule has 1 aliphatic carbocycles. The molecule has 0 saturated heterocycles. The number of hydrogen-bond acceptors (Lipinski definition) is 3. The Morgan fingerprint density at radius 3 is 2.31 bits per heavy atom. The van der Waals surface area contributed by atoms with Crippen molar-refractivity contribution in [2.45, 2.75) is 51.4 Å². The fourth-order valence-corrected chi connectivity index (χ4v) is 2.10. The van der Waals surface area contributed by atoms with E-state index in [1.54, 1.807) is 6.92 Å². The summed E-state index contributed by atoms with van der Waals surface area (Å²) in [6.45, 7) is 5.64. The minimum atomic E-state index is -1.12. The molecule has 0 aromatic rings. The Kier molecular flexibility index (Phi) is 3.00. The van der Waals surface area contributed by atoms with Crippen molar-refractivity contribution >= 4 is 0 Å². The first kappa shape index (κ1) is 11.0. The molecule has 3 heteroatoms. The molecule has 1 rings (SSSR count). The van der Waals surface area contributed by atoms with Gasteiger partial charge in [-0.05, 0) is 25.2 Å². The van der Waals surface area contributed by atoms with Gasteiger partial charge in [0.1, 0.15) is 0 Å². The molecule has 1 saturated carbocycles. The highest BCUT2D eigenvalue weighted by Crippen LogP contribution is 2.35. The summed E-state index contributed by atoms with van der Waals surface area (Å²) in [5, 5.41) is 29.0. The Hall–Kier alpha value is -0.120. The van der Waals surface area contributed by atoms with Gasteiger partial charge in [0.05, 0.1) is 17.8 Å². The van der Waals surface area contributed by atoms with Crippen molar-refractivity contribution in [1.82, 2.24) is 0 Å². The molecule has 1 aliphatic rings. The van der Waals surface area contributed by atoms with Crippen LogP contribution >= 0.6 is 0 Å². The zero-order chi connectivity index (χ0) is 10.2. The molecule has 3 nitrogen and oxygen atoms in total. The zero-order valence-corrected chi connectivity index (χ0v) is 8.57. The van der Waals surface area contributed by atoms with Gasteiger partial charge in [0.2, 0.25) is 0 Å². The molecule has 13 heavy (non-hydrogen) atoms. The Morgan fingerprint density at radius 1 is 1.31 bits per heavy atom. The molecule has 0 unspecified atom stereocenters. The van der Waals surface area contributed by atoms with Gasteiger partial charge in [-0.15, -0.1) is 0 Å². The summed E-state index contributed by atoms with van der Waals surface area (Å²) < 4.78 is 0. The minimum Gasteiger partial charge on any atom is -0.393 e. The highest BCUT2D eigenvalue weighted by molar-refractivity contribution is 4.94. The van der Waals surface area contributed by atoms with E-state index in [0.29, 0.717) is 12.3 Å². The van der Waals surface area contributed by atoms with Crippen molar-refractivity contribution in [3.63, 3.8) is 0 Å². The average Bonchev–Trinajstić information content (AvgIpc) is 1.95. The van der Waals surface area contributed by atoms with E-state index in [0.717, 1.165) is 0 Å². The highest BCUT2D eigenvalue weighted by Gasteiger charge is 2.43. The average molecular weight is 188 g/mol. The number of aliphatic hydroxyl groups is 3. The van der Waals surface area contributed by atoms with E-state index in [1.165, 1.54) is 0 Å². The van der Waals surface area contributed by atoms with Crippen LogP contribution in [0, 0.1) is 11.8 Å². The van der Waals surface area contributed by atoms with Crippen LogP contribution in [-0.2, 0) is 0 Å². The summed E-state index contributed by atoms with van der Waals surface area (Å²) in [5.74, 6) is 0.455. The quantitative estimate of drug-likeness (QED) is 0.562. The van der Waals surface area contributed by atoms with Crippen molar-refractivity contribution < 1.29 is 15.3 Å². The fraction of sp³-hybridized carbons (Fsp3) is 1.00. The van der Waals surface area contributed by atoms with Gasteiger partial charge in [-0.2, -0.15) is 0 Å². The third-order valence-corrected chi connectivity index (χ3v) is 3.19. The van der Waals surface area contributed by atoms with Crippen molar-refractivity contribution in [3.8, 4) is 0 Å². The van der Waals surface area contributed by atoms with Crippen LogP contribution in [-0.4, -0.2) is 33.1 Å². The van der Waals surface area contributed by atoms with Crippen LogP contribution in [0.1, 0.15) is 33.6 Å². The van der Waals surface area contributed by atoms with Gasteiger partial charge < -0.3 is 15.3 Å². The topological polar surface area (TPSA) is 60.7 Å². The van der Waals surface area contributed by atoms with Gasteiger partial charge in [0.25, 0.3) is 0 Å². The third kappa shape index (κ3) is 2.22. The monoisotopic (exact) mass is 188 g/mol. The zero-order valence-electron chi connectivity index (χ0n) is 8.57. The molecule has 0 aromatic heterocycles. The summed E-state index contributed by atoms with van der Waals surface area (Å²) >= 11 is 0. The predicted molar refractivity (Wildman–Crippen MR) is 50.2 cm³/mol.